The van der Waals surface area contributed by atoms with Crippen LogP contribution in [0.25, 0.3) is 11.3 Å². The molecule has 2 unspecified atom stereocenters. The second kappa shape index (κ2) is 9.17. The van der Waals surface area contributed by atoms with Gasteiger partial charge in [0.05, 0.1) is 11.7 Å². The van der Waals surface area contributed by atoms with Crippen LogP contribution in [0.15, 0.2) is 18.2 Å². The number of carbonyl (C=O) groups excluding carboxylic acids is 1. The molecule has 1 aliphatic rings. The van der Waals surface area contributed by atoms with E-state index in [0.29, 0.717) is 18.9 Å². The van der Waals surface area contributed by atoms with Crippen LogP contribution in [0.1, 0.15) is 39.7 Å². The van der Waals surface area contributed by atoms with Crippen molar-refractivity contribution in [2.75, 3.05) is 30.8 Å². The van der Waals surface area contributed by atoms with E-state index in [-0.39, 0.29) is 29.2 Å². The number of nitrogens with two attached hydrogens (primary N) is 1. The largest absolute Gasteiger partial charge is 0.444 e. The maximum Gasteiger partial charge on any atom is 0.410 e. The van der Waals surface area contributed by atoms with Crippen molar-refractivity contribution in [3.8, 4) is 17.3 Å². The van der Waals surface area contributed by atoms with Crippen LogP contribution in [0.2, 0.25) is 0 Å². The van der Waals surface area contributed by atoms with E-state index in [9.17, 15) is 13.6 Å². The second-order valence-electron chi connectivity index (χ2n) is 9.39. The van der Waals surface area contributed by atoms with Crippen LogP contribution in [0.5, 0.6) is 0 Å². The van der Waals surface area contributed by atoms with Crippen molar-refractivity contribution in [3.05, 3.63) is 35.4 Å². The highest BCUT2D eigenvalue weighted by atomic mass is 19.1. The molecule has 0 saturated carbocycles. The number of nitrogens with zero attached hydrogens (tertiary/aromatic N) is 5. The molecule has 2 aromatic rings. The SMILES string of the molecule is CC1CC(N(C)C(=O)OC(C)(C)C)CN(c2cc(-c3cc(F)c(C#N)c(F)c3)nc(N)n2)C1. The van der Waals surface area contributed by atoms with Crippen LogP contribution in [0, 0.1) is 28.9 Å². The Hall–Kier alpha value is -3.48. The molecule has 2 heterocycles. The summed E-state index contributed by atoms with van der Waals surface area (Å²) in [5.74, 6) is -1.29. The zero-order valence-electron chi connectivity index (χ0n) is 19.4. The van der Waals surface area contributed by atoms with Gasteiger partial charge in [-0.25, -0.2) is 18.6 Å². The van der Waals surface area contributed by atoms with E-state index >= 15 is 0 Å². The van der Waals surface area contributed by atoms with Crippen LogP contribution >= 0.6 is 0 Å². The Labute approximate surface area is 192 Å². The molecular formula is C23H28F2N6O2. The first-order valence-electron chi connectivity index (χ1n) is 10.6. The Bertz CT molecular complexity index is 1070. The number of halogens is 2. The fraction of sp³-hybridized carbons (Fsp3) is 0.478. The van der Waals surface area contributed by atoms with E-state index in [1.165, 1.54) is 6.07 Å². The van der Waals surface area contributed by atoms with Gasteiger partial charge in [0.1, 0.15) is 34.7 Å². The summed E-state index contributed by atoms with van der Waals surface area (Å²) in [4.78, 5) is 24.6. The number of aromatic nitrogens is 2. The number of carbonyl (C=O) groups is 1. The molecule has 1 fully saturated rings. The Kier molecular flexibility index (Phi) is 6.72. The first-order chi connectivity index (χ1) is 15.4. The van der Waals surface area contributed by atoms with E-state index in [1.54, 1.807) is 18.0 Å². The molecule has 1 amide bonds. The zero-order chi connectivity index (χ0) is 24.5. The lowest BCUT2D eigenvalue weighted by atomic mass is 9.95. The third kappa shape index (κ3) is 5.66. The lowest BCUT2D eigenvalue weighted by Gasteiger charge is -2.41. The standard InChI is InChI=1S/C23H28F2N6O2/c1-13-6-15(30(5)22(32)33-23(2,3)4)12-31(11-13)20-9-19(28-21(27)29-20)14-7-17(24)16(10-26)18(25)8-14/h7-9,13,15H,6,11-12H2,1-5H3,(H2,27,28,29). The van der Waals surface area contributed by atoms with Crippen LogP contribution in [0.4, 0.5) is 25.3 Å². The normalized spacial score (nSPS) is 18.5. The number of anilines is 2. The summed E-state index contributed by atoms with van der Waals surface area (Å²) in [6.45, 7) is 8.65. The maximum absolute atomic E-state index is 14.1. The lowest BCUT2D eigenvalue weighted by Crippen LogP contribution is -2.52. The molecule has 1 aliphatic heterocycles. The number of benzene rings is 1. The van der Waals surface area contributed by atoms with Crippen LogP contribution in [-0.2, 0) is 4.74 Å². The minimum Gasteiger partial charge on any atom is -0.444 e. The average molecular weight is 459 g/mol. The summed E-state index contributed by atoms with van der Waals surface area (Å²) in [6.07, 6.45) is 0.374. The number of likely N-dealkylation sites (N-methyl/N-ethyl adjacent to an activating group) is 1. The van der Waals surface area contributed by atoms with Gasteiger partial charge in [0.2, 0.25) is 5.95 Å². The van der Waals surface area contributed by atoms with Crippen molar-refractivity contribution < 1.29 is 18.3 Å². The van der Waals surface area contributed by atoms with Gasteiger partial charge in [-0.2, -0.15) is 10.2 Å². The molecule has 1 aromatic heterocycles. The summed E-state index contributed by atoms with van der Waals surface area (Å²) >= 11 is 0. The monoisotopic (exact) mass is 458 g/mol. The maximum atomic E-state index is 14.1. The highest BCUT2D eigenvalue weighted by Gasteiger charge is 2.32. The van der Waals surface area contributed by atoms with Crippen molar-refractivity contribution in [3.63, 3.8) is 0 Å². The van der Waals surface area contributed by atoms with Crippen molar-refractivity contribution in [2.24, 2.45) is 5.92 Å². The van der Waals surface area contributed by atoms with Gasteiger partial charge >= 0.3 is 6.09 Å². The highest BCUT2D eigenvalue weighted by molar-refractivity contribution is 5.69. The molecule has 0 spiro atoms. The van der Waals surface area contributed by atoms with Gasteiger partial charge in [0.25, 0.3) is 0 Å². The van der Waals surface area contributed by atoms with E-state index in [4.69, 9.17) is 15.7 Å². The van der Waals surface area contributed by atoms with Crippen LogP contribution in [0.3, 0.4) is 0 Å². The third-order valence-electron chi connectivity index (χ3n) is 5.37. The molecule has 0 radical (unpaired) electrons. The Balaban J connectivity index is 1.89. The lowest BCUT2D eigenvalue weighted by molar-refractivity contribution is 0.0195. The van der Waals surface area contributed by atoms with Crippen LogP contribution < -0.4 is 10.6 Å². The smallest absolute Gasteiger partial charge is 0.410 e. The van der Waals surface area contributed by atoms with Crippen molar-refractivity contribution in [2.45, 2.75) is 45.8 Å². The molecule has 10 heteroatoms. The Morgan fingerprint density at radius 2 is 1.88 bits per heavy atom. The quantitative estimate of drug-likeness (QED) is 0.742. The Morgan fingerprint density at radius 1 is 1.24 bits per heavy atom. The first kappa shape index (κ1) is 24.2. The number of piperidine rings is 1. The number of nitrogen functional groups attached to an aromatic ring is 1. The summed E-state index contributed by atoms with van der Waals surface area (Å²) in [6, 6.07) is 5.06. The number of ether oxygens (including phenoxy) is 1. The summed E-state index contributed by atoms with van der Waals surface area (Å²) in [7, 11) is 1.71. The molecule has 2 atom stereocenters. The van der Waals surface area contributed by atoms with Crippen molar-refractivity contribution in [1.82, 2.24) is 14.9 Å². The molecule has 0 aliphatic carbocycles. The minimum atomic E-state index is -0.975. The molecule has 3 rings (SSSR count). The third-order valence-corrected chi connectivity index (χ3v) is 5.37. The van der Waals surface area contributed by atoms with Gasteiger partial charge in [-0.3, -0.25) is 0 Å². The molecule has 176 valence electrons. The summed E-state index contributed by atoms with van der Waals surface area (Å²) in [5.41, 5.74) is 5.03. The molecule has 33 heavy (non-hydrogen) atoms. The second-order valence-corrected chi connectivity index (χ2v) is 9.39. The van der Waals surface area contributed by atoms with E-state index < -0.39 is 28.9 Å². The molecule has 1 saturated heterocycles. The minimum absolute atomic E-state index is 0.0528. The fourth-order valence-electron chi connectivity index (χ4n) is 3.86. The van der Waals surface area contributed by atoms with E-state index in [2.05, 4.69) is 16.9 Å². The Morgan fingerprint density at radius 3 is 2.45 bits per heavy atom. The summed E-state index contributed by atoms with van der Waals surface area (Å²) in [5, 5.41) is 8.90. The first-order valence-corrected chi connectivity index (χ1v) is 10.6. The van der Waals surface area contributed by atoms with Gasteiger partial charge in [-0.05, 0) is 45.2 Å². The molecule has 1 aromatic carbocycles. The van der Waals surface area contributed by atoms with Gasteiger partial charge < -0.3 is 20.3 Å². The number of rotatable bonds is 3. The van der Waals surface area contributed by atoms with Gasteiger partial charge in [-0.15, -0.1) is 0 Å². The van der Waals surface area contributed by atoms with E-state index in [0.717, 1.165) is 18.6 Å². The summed E-state index contributed by atoms with van der Waals surface area (Å²) < 4.78 is 33.8. The molecule has 8 nitrogen and oxygen atoms in total. The number of nitriles is 1. The van der Waals surface area contributed by atoms with Gasteiger partial charge in [0, 0.05) is 31.8 Å². The predicted octanol–water partition coefficient (Wildman–Crippen LogP) is 3.96. The molecule has 2 N–H and O–H groups in total. The number of hydrogen-bond acceptors (Lipinski definition) is 7. The zero-order valence-corrected chi connectivity index (χ0v) is 19.4. The number of hydrogen-bond donors (Lipinski definition) is 1. The van der Waals surface area contributed by atoms with Crippen LogP contribution in [-0.4, -0.2) is 52.7 Å². The van der Waals surface area contributed by atoms with E-state index in [1.807, 2.05) is 25.7 Å². The van der Waals surface area contributed by atoms with Crippen molar-refractivity contribution >= 4 is 17.9 Å². The van der Waals surface area contributed by atoms with Gasteiger partial charge in [-0.1, -0.05) is 6.92 Å². The van der Waals surface area contributed by atoms with Gasteiger partial charge in [0.15, 0.2) is 0 Å². The average Bonchev–Trinajstić information content (AvgIpc) is 2.70. The molecular weight excluding hydrogens is 430 g/mol. The highest BCUT2D eigenvalue weighted by Crippen LogP contribution is 2.29. The fourth-order valence-corrected chi connectivity index (χ4v) is 3.86. The topological polar surface area (TPSA) is 108 Å². The van der Waals surface area contributed by atoms with Crippen molar-refractivity contribution in [1.29, 1.82) is 5.26 Å². The number of amides is 1. The predicted molar refractivity (Wildman–Crippen MR) is 120 cm³/mol. The molecule has 0 bridgehead atoms.